The maximum Gasteiger partial charge on any atom is -0.0203 e. The van der Waals surface area contributed by atoms with Gasteiger partial charge in [0.05, 0.1) is 0 Å². The SMILES string of the molecule is CC(C)CC1=CCC(C2CCCC2C)C(C)C1C. The molecule has 5 unspecified atom stereocenters. The van der Waals surface area contributed by atoms with Crippen LogP contribution in [-0.4, -0.2) is 0 Å². The zero-order chi connectivity index (χ0) is 13.3. The van der Waals surface area contributed by atoms with E-state index in [4.69, 9.17) is 0 Å². The summed E-state index contributed by atoms with van der Waals surface area (Å²) in [5, 5.41) is 0. The van der Waals surface area contributed by atoms with Gasteiger partial charge < -0.3 is 0 Å². The highest BCUT2D eigenvalue weighted by atomic mass is 14.4. The summed E-state index contributed by atoms with van der Waals surface area (Å²) >= 11 is 0. The molecular formula is C18H32. The summed E-state index contributed by atoms with van der Waals surface area (Å²) in [6, 6.07) is 0. The van der Waals surface area contributed by atoms with Crippen molar-refractivity contribution in [3.63, 3.8) is 0 Å². The van der Waals surface area contributed by atoms with Crippen LogP contribution in [-0.2, 0) is 0 Å². The van der Waals surface area contributed by atoms with Crippen LogP contribution in [0.15, 0.2) is 11.6 Å². The maximum atomic E-state index is 2.61. The van der Waals surface area contributed by atoms with Crippen LogP contribution in [0.25, 0.3) is 0 Å². The molecule has 104 valence electrons. The summed E-state index contributed by atoms with van der Waals surface area (Å²) in [7, 11) is 0. The summed E-state index contributed by atoms with van der Waals surface area (Å²) in [6.45, 7) is 12.2. The zero-order valence-electron chi connectivity index (χ0n) is 13.1. The molecule has 5 atom stereocenters. The van der Waals surface area contributed by atoms with E-state index in [0.717, 1.165) is 35.5 Å². The first-order valence-corrected chi connectivity index (χ1v) is 8.19. The molecule has 2 aliphatic carbocycles. The van der Waals surface area contributed by atoms with E-state index >= 15 is 0 Å². The fourth-order valence-corrected chi connectivity index (χ4v) is 4.51. The topological polar surface area (TPSA) is 0 Å². The lowest BCUT2D eigenvalue weighted by Crippen LogP contribution is -2.31. The first kappa shape index (κ1) is 14.2. The second-order valence-corrected chi connectivity index (χ2v) is 7.50. The van der Waals surface area contributed by atoms with Crippen LogP contribution in [0.2, 0.25) is 0 Å². The smallest absolute Gasteiger partial charge is 0.0203 e. The first-order valence-electron chi connectivity index (χ1n) is 8.19. The Labute approximate surface area is 114 Å². The third kappa shape index (κ3) is 2.83. The second kappa shape index (κ2) is 5.80. The van der Waals surface area contributed by atoms with Crippen molar-refractivity contribution in [1.82, 2.24) is 0 Å². The molecule has 0 aliphatic heterocycles. The van der Waals surface area contributed by atoms with Crippen molar-refractivity contribution < 1.29 is 0 Å². The summed E-state index contributed by atoms with van der Waals surface area (Å²) in [5.74, 6) is 5.48. The average molecular weight is 248 g/mol. The Balaban J connectivity index is 2.06. The standard InChI is InChI=1S/C18H32/c1-12(2)11-16-9-10-18(15(5)14(16)4)17-8-6-7-13(17)3/h9,12-15,17-18H,6-8,10-11H2,1-5H3. The molecule has 0 amide bonds. The number of hydrogen-bond acceptors (Lipinski definition) is 0. The highest BCUT2D eigenvalue weighted by Crippen LogP contribution is 2.47. The minimum Gasteiger partial charge on any atom is -0.0847 e. The molecule has 0 aromatic rings. The van der Waals surface area contributed by atoms with E-state index in [1.165, 1.54) is 32.1 Å². The summed E-state index contributed by atoms with van der Waals surface area (Å²) in [6.07, 6.45) is 9.74. The molecule has 0 aromatic heterocycles. The number of hydrogen-bond donors (Lipinski definition) is 0. The summed E-state index contributed by atoms with van der Waals surface area (Å²) in [4.78, 5) is 0. The van der Waals surface area contributed by atoms with Crippen LogP contribution < -0.4 is 0 Å². The lowest BCUT2D eigenvalue weighted by atomic mass is 9.65. The Bertz CT molecular complexity index is 299. The van der Waals surface area contributed by atoms with Crippen molar-refractivity contribution in [3.8, 4) is 0 Å². The van der Waals surface area contributed by atoms with Crippen molar-refractivity contribution in [2.75, 3.05) is 0 Å². The lowest BCUT2D eigenvalue weighted by Gasteiger charge is -2.40. The highest BCUT2D eigenvalue weighted by molar-refractivity contribution is 5.13. The molecule has 2 aliphatic rings. The van der Waals surface area contributed by atoms with Gasteiger partial charge in [0, 0.05) is 0 Å². The minimum atomic E-state index is 0.813. The van der Waals surface area contributed by atoms with Gasteiger partial charge in [-0.2, -0.15) is 0 Å². The van der Waals surface area contributed by atoms with Crippen LogP contribution in [0.3, 0.4) is 0 Å². The van der Waals surface area contributed by atoms with Gasteiger partial charge >= 0.3 is 0 Å². The van der Waals surface area contributed by atoms with Crippen molar-refractivity contribution in [3.05, 3.63) is 11.6 Å². The molecule has 0 radical (unpaired) electrons. The van der Waals surface area contributed by atoms with Crippen molar-refractivity contribution >= 4 is 0 Å². The first-order chi connectivity index (χ1) is 8.50. The Morgan fingerprint density at radius 3 is 2.39 bits per heavy atom. The molecule has 1 fully saturated rings. The summed E-state index contributed by atoms with van der Waals surface area (Å²) in [5.41, 5.74) is 1.75. The van der Waals surface area contributed by atoms with E-state index in [0.29, 0.717) is 0 Å². The Morgan fingerprint density at radius 2 is 1.83 bits per heavy atom. The van der Waals surface area contributed by atoms with E-state index in [1.54, 1.807) is 5.57 Å². The van der Waals surface area contributed by atoms with Crippen molar-refractivity contribution in [2.45, 2.75) is 66.7 Å². The van der Waals surface area contributed by atoms with Gasteiger partial charge in [0.2, 0.25) is 0 Å². The van der Waals surface area contributed by atoms with Crippen molar-refractivity contribution in [2.24, 2.45) is 35.5 Å². The third-order valence-corrected chi connectivity index (χ3v) is 5.82. The highest BCUT2D eigenvalue weighted by Gasteiger charge is 2.37. The Morgan fingerprint density at radius 1 is 1.11 bits per heavy atom. The predicted molar refractivity (Wildman–Crippen MR) is 80.5 cm³/mol. The molecule has 1 saturated carbocycles. The molecule has 2 rings (SSSR count). The molecule has 0 spiro atoms. The molecule has 0 N–H and O–H groups in total. The average Bonchev–Trinajstić information content (AvgIpc) is 2.71. The second-order valence-electron chi connectivity index (χ2n) is 7.50. The molecule has 0 heterocycles. The van der Waals surface area contributed by atoms with Crippen LogP contribution >= 0.6 is 0 Å². The van der Waals surface area contributed by atoms with Gasteiger partial charge in [-0.05, 0) is 54.8 Å². The van der Waals surface area contributed by atoms with E-state index in [1.807, 2.05) is 0 Å². The molecule has 0 bridgehead atoms. The normalized spacial score (nSPS) is 41.2. The zero-order valence-corrected chi connectivity index (χ0v) is 13.1. The van der Waals surface area contributed by atoms with Crippen LogP contribution in [0, 0.1) is 35.5 Å². The molecular weight excluding hydrogens is 216 g/mol. The number of allylic oxidation sites excluding steroid dienone is 2. The van der Waals surface area contributed by atoms with E-state index in [2.05, 4.69) is 40.7 Å². The molecule has 18 heavy (non-hydrogen) atoms. The van der Waals surface area contributed by atoms with E-state index < -0.39 is 0 Å². The van der Waals surface area contributed by atoms with Gasteiger partial charge in [-0.25, -0.2) is 0 Å². The summed E-state index contributed by atoms with van der Waals surface area (Å²) < 4.78 is 0. The van der Waals surface area contributed by atoms with Crippen LogP contribution in [0.1, 0.15) is 66.7 Å². The lowest BCUT2D eigenvalue weighted by molar-refractivity contribution is 0.157. The Hall–Kier alpha value is -0.260. The molecule has 0 heteroatoms. The van der Waals surface area contributed by atoms with Gasteiger partial charge in [-0.15, -0.1) is 0 Å². The fourth-order valence-electron chi connectivity index (χ4n) is 4.51. The molecule has 0 aromatic carbocycles. The fraction of sp³-hybridized carbons (Fsp3) is 0.889. The van der Waals surface area contributed by atoms with Gasteiger partial charge in [0.1, 0.15) is 0 Å². The van der Waals surface area contributed by atoms with Gasteiger partial charge in [-0.3, -0.25) is 0 Å². The van der Waals surface area contributed by atoms with Crippen LogP contribution in [0.5, 0.6) is 0 Å². The third-order valence-electron chi connectivity index (χ3n) is 5.82. The molecule has 0 saturated heterocycles. The van der Waals surface area contributed by atoms with Gasteiger partial charge in [-0.1, -0.05) is 59.1 Å². The van der Waals surface area contributed by atoms with E-state index in [9.17, 15) is 0 Å². The van der Waals surface area contributed by atoms with Gasteiger partial charge in [0.15, 0.2) is 0 Å². The Kier molecular flexibility index (Phi) is 4.56. The predicted octanol–water partition coefficient (Wildman–Crippen LogP) is 5.69. The quantitative estimate of drug-likeness (QED) is 0.563. The van der Waals surface area contributed by atoms with Gasteiger partial charge in [0.25, 0.3) is 0 Å². The van der Waals surface area contributed by atoms with Crippen LogP contribution in [0.4, 0.5) is 0 Å². The molecule has 0 nitrogen and oxygen atoms in total. The van der Waals surface area contributed by atoms with E-state index in [-0.39, 0.29) is 0 Å². The monoisotopic (exact) mass is 248 g/mol. The largest absolute Gasteiger partial charge is 0.0847 e. The minimum absolute atomic E-state index is 0.813. The maximum absolute atomic E-state index is 2.61. The number of rotatable bonds is 3. The van der Waals surface area contributed by atoms with Crippen molar-refractivity contribution in [1.29, 1.82) is 0 Å².